The molecule has 1 fully saturated rings. The summed E-state index contributed by atoms with van der Waals surface area (Å²) in [5, 5.41) is 15.8. The molecule has 1 aliphatic rings. The van der Waals surface area contributed by atoms with Gasteiger partial charge in [0, 0.05) is 17.6 Å². The molecule has 1 unspecified atom stereocenters. The van der Waals surface area contributed by atoms with Gasteiger partial charge in [-0.2, -0.15) is 8.42 Å². The van der Waals surface area contributed by atoms with Crippen molar-refractivity contribution >= 4 is 21.3 Å². The minimum absolute atomic E-state index is 0.0986. The van der Waals surface area contributed by atoms with Gasteiger partial charge in [0.05, 0.1) is 11.8 Å². The fraction of sp³-hybridized carbons (Fsp3) is 0.500. The summed E-state index contributed by atoms with van der Waals surface area (Å²) in [6.07, 6.45) is 2.37. The molecule has 0 radical (unpaired) electrons. The molecule has 0 spiro atoms. The molecule has 0 aliphatic heterocycles. The Morgan fingerprint density at radius 1 is 1.43 bits per heavy atom. The van der Waals surface area contributed by atoms with Gasteiger partial charge in [0.15, 0.2) is 0 Å². The van der Waals surface area contributed by atoms with Gasteiger partial charge in [-0.3, -0.25) is 4.18 Å². The minimum Gasteiger partial charge on any atom is -0.390 e. The lowest BCUT2D eigenvalue weighted by Gasteiger charge is -2.13. The number of aryl methyl sites for hydroxylation is 1. The van der Waals surface area contributed by atoms with Crippen LogP contribution in [0.4, 0.5) is 0 Å². The summed E-state index contributed by atoms with van der Waals surface area (Å²) in [6, 6.07) is 1.81. The third kappa shape index (κ3) is 2.77. The molecule has 9 heteroatoms. The quantitative estimate of drug-likeness (QED) is 0.824. The van der Waals surface area contributed by atoms with Gasteiger partial charge in [-0.1, -0.05) is 0 Å². The Balaban J connectivity index is 1.89. The predicted octanol–water partition coefficient (Wildman–Crippen LogP) is 0.0242. The largest absolute Gasteiger partial charge is 0.390 e. The Morgan fingerprint density at radius 3 is 2.90 bits per heavy atom. The van der Waals surface area contributed by atoms with Crippen LogP contribution in [0.5, 0.6) is 0 Å². The van der Waals surface area contributed by atoms with Crippen molar-refractivity contribution in [2.75, 3.05) is 0 Å². The van der Waals surface area contributed by atoms with Crippen molar-refractivity contribution in [2.45, 2.75) is 38.0 Å². The van der Waals surface area contributed by atoms with Gasteiger partial charge in [-0.15, -0.1) is 0 Å². The van der Waals surface area contributed by atoms with E-state index in [4.69, 9.17) is 9.32 Å². The zero-order valence-electron chi connectivity index (χ0n) is 11.4. The van der Waals surface area contributed by atoms with E-state index in [-0.39, 0.29) is 6.04 Å². The number of aromatic nitrogens is 3. The van der Waals surface area contributed by atoms with E-state index in [0.29, 0.717) is 12.8 Å². The van der Waals surface area contributed by atoms with E-state index in [1.54, 1.807) is 0 Å². The van der Waals surface area contributed by atoms with Gasteiger partial charge in [-0.05, 0) is 25.8 Å². The number of hydrogen-bond donors (Lipinski definition) is 2. The second-order valence-electron chi connectivity index (χ2n) is 5.24. The van der Waals surface area contributed by atoms with Crippen LogP contribution in [0.3, 0.4) is 0 Å². The fourth-order valence-electron chi connectivity index (χ4n) is 2.85. The molecule has 0 bridgehead atoms. The summed E-state index contributed by atoms with van der Waals surface area (Å²) in [5.74, 6) is 0. The van der Waals surface area contributed by atoms with E-state index < -0.39 is 22.5 Å². The molecular weight excluding hydrogens is 296 g/mol. The molecule has 2 aromatic heterocycles. The number of aliphatic hydroxyl groups excluding tert-OH is 1. The topological polar surface area (TPSA) is 120 Å². The molecule has 114 valence electrons. The highest BCUT2D eigenvalue weighted by Crippen LogP contribution is 2.35. The van der Waals surface area contributed by atoms with E-state index in [9.17, 15) is 13.5 Å². The average molecular weight is 312 g/mol. The monoisotopic (exact) mass is 312 g/mol. The summed E-state index contributed by atoms with van der Waals surface area (Å²) in [7, 11) is -4.08. The Hall–Kier alpha value is -1.55. The molecular formula is C12H16N4O4S. The van der Waals surface area contributed by atoms with E-state index in [1.807, 2.05) is 23.8 Å². The molecule has 0 aromatic carbocycles. The number of nitrogens with two attached hydrogens (primary N) is 1. The normalized spacial score (nSPS) is 26.5. The standard InChI is InChI=1S/C12H16N4O4S/c1-7-9-2-3-16(12(9)15-6-14-7)8-4-10(17)11(5-8)20-21(13,18)19/h2-3,6,8,10-11,17H,4-5H2,1H3,(H2,13,18,19)/t8?,10-,11+/m1/s1. The highest BCUT2D eigenvalue weighted by Gasteiger charge is 2.37. The average Bonchev–Trinajstić information content (AvgIpc) is 2.93. The zero-order valence-corrected chi connectivity index (χ0v) is 12.2. The van der Waals surface area contributed by atoms with E-state index in [1.165, 1.54) is 6.33 Å². The van der Waals surface area contributed by atoms with Gasteiger partial charge >= 0.3 is 10.3 Å². The van der Waals surface area contributed by atoms with Crippen LogP contribution in [0, 0.1) is 6.92 Å². The number of rotatable bonds is 3. The number of hydrogen-bond acceptors (Lipinski definition) is 6. The van der Waals surface area contributed by atoms with Crippen molar-refractivity contribution in [3.63, 3.8) is 0 Å². The Labute approximate surface area is 121 Å². The third-order valence-electron chi connectivity index (χ3n) is 3.81. The van der Waals surface area contributed by atoms with Crippen molar-refractivity contribution in [3.8, 4) is 0 Å². The summed E-state index contributed by atoms with van der Waals surface area (Å²) in [5.41, 5.74) is 1.63. The molecule has 1 saturated carbocycles. The molecule has 2 heterocycles. The Bertz CT molecular complexity index is 773. The smallest absolute Gasteiger partial charge is 0.333 e. The van der Waals surface area contributed by atoms with E-state index in [2.05, 4.69) is 9.97 Å². The maximum atomic E-state index is 11.0. The van der Waals surface area contributed by atoms with Crippen molar-refractivity contribution in [2.24, 2.45) is 5.14 Å². The van der Waals surface area contributed by atoms with Gasteiger partial charge in [0.2, 0.25) is 0 Å². The van der Waals surface area contributed by atoms with Crippen LogP contribution >= 0.6 is 0 Å². The first-order valence-electron chi connectivity index (χ1n) is 6.52. The number of aliphatic hydroxyl groups is 1. The lowest BCUT2D eigenvalue weighted by molar-refractivity contribution is 0.0645. The van der Waals surface area contributed by atoms with Crippen molar-refractivity contribution in [3.05, 3.63) is 24.3 Å². The molecule has 0 saturated heterocycles. The lowest BCUT2D eigenvalue weighted by Crippen LogP contribution is -2.29. The minimum atomic E-state index is -4.08. The highest BCUT2D eigenvalue weighted by molar-refractivity contribution is 7.84. The third-order valence-corrected chi connectivity index (χ3v) is 4.32. The Kier molecular flexibility index (Phi) is 3.44. The van der Waals surface area contributed by atoms with E-state index in [0.717, 1.165) is 16.7 Å². The molecule has 21 heavy (non-hydrogen) atoms. The van der Waals surface area contributed by atoms with Crippen molar-refractivity contribution in [1.29, 1.82) is 0 Å². The van der Waals surface area contributed by atoms with Gasteiger partial charge in [0.25, 0.3) is 0 Å². The fourth-order valence-corrected chi connectivity index (χ4v) is 3.40. The summed E-state index contributed by atoms with van der Waals surface area (Å²) in [6.45, 7) is 1.89. The van der Waals surface area contributed by atoms with Crippen LogP contribution in [0.25, 0.3) is 11.0 Å². The molecule has 0 amide bonds. The van der Waals surface area contributed by atoms with Gasteiger partial charge < -0.3 is 9.67 Å². The first-order valence-corrected chi connectivity index (χ1v) is 7.99. The van der Waals surface area contributed by atoms with Crippen LogP contribution in [0.15, 0.2) is 18.6 Å². The molecule has 3 N–H and O–H groups in total. The van der Waals surface area contributed by atoms with Crippen molar-refractivity contribution in [1.82, 2.24) is 14.5 Å². The first-order chi connectivity index (χ1) is 9.85. The molecule has 2 aromatic rings. The Morgan fingerprint density at radius 2 is 2.19 bits per heavy atom. The highest BCUT2D eigenvalue weighted by atomic mass is 32.2. The maximum Gasteiger partial charge on any atom is 0.333 e. The second kappa shape index (κ2) is 5.02. The second-order valence-corrected chi connectivity index (χ2v) is 6.42. The van der Waals surface area contributed by atoms with Gasteiger partial charge in [-0.25, -0.2) is 15.1 Å². The zero-order chi connectivity index (χ0) is 15.2. The van der Waals surface area contributed by atoms with Gasteiger partial charge in [0.1, 0.15) is 18.1 Å². The first kappa shape index (κ1) is 14.4. The van der Waals surface area contributed by atoms with Crippen LogP contribution < -0.4 is 5.14 Å². The SMILES string of the molecule is Cc1ncnc2c1ccn2C1C[C@@H](O)[C@@H](OS(N)(=O)=O)C1. The van der Waals surface area contributed by atoms with Crippen LogP contribution in [0.1, 0.15) is 24.6 Å². The number of nitrogens with zero attached hydrogens (tertiary/aromatic N) is 3. The lowest BCUT2D eigenvalue weighted by atomic mass is 10.2. The summed E-state index contributed by atoms with van der Waals surface area (Å²) in [4.78, 5) is 8.39. The van der Waals surface area contributed by atoms with Crippen LogP contribution in [0.2, 0.25) is 0 Å². The van der Waals surface area contributed by atoms with E-state index >= 15 is 0 Å². The van der Waals surface area contributed by atoms with Crippen molar-refractivity contribution < 1.29 is 17.7 Å². The van der Waals surface area contributed by atoms with Crippen LogP contribution in [-0.4, -0.2) is 40.3 Å². The van der Waals surface area contributed by atoms with Crippen LogP contribution in [-0.2, 0) is 14.5 Å². The molecule has 3 rings (SSSR count). The predicted molar refractivity (Wildman–Crippen MR) is 74.5 cm³/mol. The summed E-state index contributed by atoms with van der Waals surface area (Å²) >= 11 is 0. The number of fused-ring (bicyclic) bond motifs is 1. The molecule has 8 nitrogen and oxygen atoms in total. The molecule has 3 atom stereocenters. The molecule has 1 aliphatic carbocycles. The maximum absolute atomic E-state index is 11.0. The summed E-state index contributed by atoms with van der Waals surface area (Å²) < 4.78 is 28.6.